The zero-order valence-electron chi connectivity index (χ0n) is 14.5. The summed E-state index contributed by atoms with van der Waals surface area (Å²) in [6.45, 7) is 4.04. The van der Waals surface area contributed by atoms with E-state index in [0.717, 1.165) is 37.2 Å². The van der Waals surface area contributed by atoms with Crippen molar-refractivity contribution in [2.75, 3.05) is 18.0 Å². The minimum Gasteiger partial charge on any atom is -0.370 e. The molecule has 25 heavy (non-hydrogen) atoms. The number of hydrogen-bond acceptors (Lipinski definition) is 4. The molecule has 0 radical (unpaired) electrons. The molecule has 6 nitrogen and oxygen atoms in total. The first kappa shape index (κ1) is 17.2. The summed E-state index contributed by atoms with van der Waals surface area (Å²) in [5.74, 6) is -0.218. The first-order chi connectivity index (χ1) is 12.1. The molecule has 1 saturated heterocycles. The van der Waals surface area contributed by atoms with Gasteiger partial charge in [-0.15, -0.1) is 0 Å². The molecule has 1 aromatic heterocycles. The molecular formula is C19H24N4O2. The minimum absolute atomic E-state index is 0.218. The number of piperidine rings is 1. The van der Waals surface area contributed by atoms with Crippen molar-refractivity contribution in [2.24, 2.45) is 0 Å². The van der Waals surface area contributed by atoms with E-state index in [0.29, 0.717) is 6.54 Å². The second-order valence-corrected chi connectivity index (χ2v) is 6.42. The van der Waals surface area contributed by atoms with Crippen LogP contribution in [-0.4, -0.2) is 28.8 Å². The Morgan fingerprint density at radius 1 is 1.20 bits per heavy atom. The topological polar surface area (TPSA) is 67.2 Å². The highest BCUT2D eigenvalue weighted by Gasteiger charge is 2.18. The maximum absolute atomic E-state index is 12.4. The average Bonchev–Trinajstić information content (AvgIpc) is 2.67. The Kier molecular flexibility index (Phi) is 5.48. The summed E-state index contributed by atoms with van der Waals surface area (Å²) in [5, 5.41) is 7.08. The number of anilines is 1. The zero-order valence-corrected chi connectivity index (χ0v) is 14.5. The lowest BCUT2D eigenvalue weighted by atomic mass is 10.1. The molecule has 2 heterocycles. The maximum Gasteiger partial charge on any atom is 0.269 e. The summed E-state index contributed by atoms with van der Waals surface area (Å²) in [6.07, 6.45) is 5.20. The molecule has 1 amide bonds. The molecule has 6 heteroatoms. The Morgan fingerprint density at radius 3 is 2.60 bits per heavy atom. The van der Waals surface area contributed by atoms with E-state index in [1.54, 1.807) is 19.2 Å². The van der Waals surface area contributed by atoms with Crippen molar-refractivity contribution in [3.05, 3.63) is 58.5 Å². The third-order valence-corrected chi connectivity index (χ3v) is 4.59. The van der Waals surface area contributed by atoms with Crippen molar-refractivity contribution in [1.82, 2.24) is 15.1 Å². The Labute approximate surface area is 147 Å². The van der Waals surface area contributed by atoms with Crippen LogP contribution in [0.25, 0.3) is 0 Å². The van der Waals surface area contributed by atoms with E-state index >= 15 is 0 Å². The first-order valence-electron chi connectivity index (χ1n) is 8.80. The molecule has 1 unspecified atom stereocenters. The van der Waals surface area contributed by atoms with Crippen LogP contribution in [0.15, 0.2) is 47.4 Å². The van der Waals surface area contributed by atoms with E-state index in [4.69, 9.17) is 0 Å². The molecule has 0 aliphatic carbocycles. The van der Waals surface area contributed by atoms with Crippen molar-refractivity contribution in [3.8, 4) is 0 Å². The van der Waals surface area contributed by atoms with Crippen molar-refractivity contribution in [2.45, 2.75) is 38.8 Å². The first-order valence-corrected chi connectivity index (χ1v) is 8.80. The number of carbonyl (C=O) groups is 1. The molecule has 1 atom stereocenters. The average molecular weight is 340 g/mol. The lowest BCUT2D eigenvalue weighted by Crippen LogP contribution is -2.37. The molecule has 132 valence electrons. The van der Waals surface area contributed by atoms with Crippen LogP contribution in [0.3, 0.4) is 0 Å². The van der Waals surface area contributed by atoms with Gasteiger partial charge in [0.25, 0.3) is 5.56 Å². The predicted molar refractivity (Wildman–Crippen MR) is 97.6 cm³/mol. The number of hydrogen-bond donors (Lipinski definition) is 1. The normalized spacial score (nSPS) is 15.6. The van der Waals surface area contributed by atoms with Gasteiger partial charge in [-0.2, -0.15) is 5.10 Å². The fourth-order valence-electron chi connectivity index (χ4n) is 3.07. The van der Waals surface area contributed by atoms with Gasteiger partial charge in [0, 0.05) is 25.7 Å². The second-order valence-electron chi connectivity index (χ2n) is 6.42. The molecule has 1 aliphatic heterocycles. The Hall–Kier alpha value is -2.63. The van der Waals surface area contributed by atoms with Crippen LogP contribution < -0.4 is 15.8 Å². The highest BCUT2D eigenvalue weighted by molar-refractivity contribution is 5.79. The number of amides is 1. The van der Waals surface area contributed by atoms with E-state index in [-0.39, 0.29) is 11.5 Å². The number of rotatable bonds is 5. The molecule has 1 aromatic carbocycles. The van der Waals surface area contributed by atoms with E-state index in [1.165, 1.54) is 11.1 Å². The third kappa shape index (κ3) is 4.26. The number of carbonyl (C=O) groups excluding carboxylic acids is 1. The van der Waals surface area contributed by atoms with Crippen LogP contribution in [0.4, 0.5) is 5.69 Å². The Balaban J connectivity index is 1.65. The number of aromatic nitrogens is 2. The highest BCUT2D eigenvalue weighted by atomic mass is 16.2. The SMILES string of the molecule is CC(C(=O)NCc1ccccc1)n1ncc(N2CCCCC2)cc1=O. The molecular weight excluding hydrogens is 316 g/mol. The monoisotopic (exact) mass is 340 g/mol. The van der Waals surface area contributed by atoms with Crippen LogP contribution in [0.2, 0.25) is 0 Å². The van der Waals surface area contributed by atoms with Gasteiger partial charge in [0.15, 0.2) is 0 Å². The van der Waals surface area contributed by atoms with Gasteiger partial charge in [0.1, 0.15) is 6.04 Å². The zero-order chi connectivity index (χ0) is 17.6. The van der Waals surface area contributed by atoms with Gasteiger partial charge < -0.3 is 10.2 Å². The number of nitrogens with one attached hydrogen (secondary N) is 1. The summed E-state index contributed by atoms with van der Waals surface area (Å²) in [7, 11) is 0. The standard InChI is InChI=1S/C19H24N4O2/c1-15(19(25)20-13-16-8-4-2-5-9-16)23-18(24)12-17(14-21-23)22-10-6-3-7-11-22/h2,4-5,8-9,12,14-15H,3,6-7,10-11,13H2,1H3,(H,20,25). The fraction of sp³-hybridized carbons (Fsp3) is 0.421. The highest BCUT2D eigenvalue weighted by Crippen LogP contribution is 2.17. The number of nitrogens with zero attached hydrogens (tertiary/aromatic N) is 3. The Morgan fingerprint density at radius 2 is 1.92 bits per heavy atom. The van der Waals surface area contributed by atoms with Crippen LogP contribution in [0.1, 0.15) is 37.8 Å². The third-order valence-electron chi connectivity index (χ3n) is 4.59. The van der Waals surface area contributed by atoms with Gasteiger partial charge in [-0.25, -0.2) is 4.68 Å². The Bertz CT molecular complexity index is 766. The largest absolute Gasteiger partial charge is 0.370 e. The summed E-state index contributed by atoms with van der Waals surface area (Å²) in [5.41, 5.74) is 1.62. The van der Waals surface area contributed by atoms with Crippen LogP contribution in [0, 0.1) is 0 Å². The molecule has 0 bridgehead atoms. The summed E-state index contributed by atoms with van der Waals surface area (Å²) >= 11 is 0. The lowest BCUT2D eigenvalue weighted by Gasteiger charge is -2.28. The van der Waals surface area contributed by atoms with Crippen LogP contribution in [-0.2, 0) is 11.3 Å². The molecule has 3 rings (SSSR count). The quantitative estimate of drug-likeness (QED) is 0.905. The predicted octanol–water partition coefficient (Wildman–Crippen LogP) is 2.11. The van der Waals surface area contributed by atoms with Gasteiger partial charge >= 0.3 is 0 Å². The van der Waals surface area contributed by atoms with Crippen LogP contribution >= 0.6 is 0 Å². The second kappa shape index (κ2) is 7.96. The molecule has 2 aromatic rings. The molecule has 1 fully saturated rings. The van der Waals surface area contributed by atoms with Gasteiger partial charge in [-0.05, 0) is 31.7 Å². The van der Waals surface area contributed by atoms with Crippen molar-refractivity contribution in [1.29, 1.82) is 0 Å². The van der Waals surface area contributed by atoms with Crippen molar-refractivity contribution >= 4 is 11.6 Å². The van der Waals surface area contributed by atoms with E-state index in [9.17, 15) is 9.59 Å². The van der Waals surface area contributed by atoms with Gasteiger partial charge in [-0.3, -0.25) is 9.59 Å². The summed E-state index contributed by atoms with van der Waals surface area (Å²) in [6, 6.07) is 10.6. The molecule has 0 saturated carbocycles. The summed E-state index contributed by atoms with van der Waals surface area (Å²) < 4.78 is 1.24. The molecule has 0 spiro atoms. The van der Waals surface area contributed by atoms with Crippen molar-refractivity contribution < 1.29 is 4.79 Å². The van der Waals surface area contributed by atoms with Gasteiger partial charge in [-0.1, -0.05) is 30.3 Å². The fourth-order valence-corrected chi connectivity index (χ4v) is 3.07. The smallest absolute Gasteiger partial charge is 0.269 e. The van der Waals surface area contributed by atoms with E-state index < -0.39 is 6.04 Å². The molecule has 1 N–H and O–H groups in total. The lowest BCUT2D eigenvalue weighted by molar-refractivity contribution is -0.124. The van der Waals surface area contributed by atoms with Gasteiger partial charge in [0.2, 0.25) is 5.91 Å². The van der Waals surface area contributed by atoms with Crippen molar-refractivity contribution in [3.63, 3.8) is 0 Å². The van der Waals surface area contributed by atoms with Gasteiger partial charge in [0.05, 0.1) is 11.9 Å². The maximum atomic E-state index is 12.4. The van der Waals surface area contributed by atoms with E-state index in [2.05, 4.69) is 15.3 Å². The minimum atomic E-state index is -0.647. The van der Waals surface area contributed by atoms with E-state index in [1.807, 2.05) is 30.3 Å². The summed E-state index contributed by atoms with van der Waals surface area (Å²) in [4.78, 5) is 26.9. The number of benzene rings is 1. The molecule has 1 aliphatic rings. The van der Waals surface area contributed by atoms with Crippen LogP contribution in [0.5, 0.6) is 0 Å².